The maximum atomic E-state index is 12.1. The van der Waals surface area contributed by atoms with Crippen LogP contribution in [0.5, 0.6) is 0 Å². The molecule has 0 aromatic heterocycles. The largest absolute Gasteiger partial charge is 0.547 e. The monoisotopic (exact) mass is 329 g/mol. The number of methoxy groups -OCH3 is 1. The van der Waals surface area contributed by atoms with E-state index < -0.39 is 8.32 Å². The number of allylic oxidation sites excluding steroid dienone is 1. The van der Waals surface area contributed by atoms with Crippen molar-refractivity contribution in [3.8, 4) is 0 Å². The van der Waals surface area contributed by atoms with Crippen LogP contribution in [-0.2, 0) is 14.0 Å². The Labute approximate surface area is 135 Å². The number of aliphatic hydroxyl groups excluding tert-OH is 1. The number of carbonyl (C=O) groups is 1. The van der Waals surface area contributed by atoms with E-state index in [-0.39, 0.29) is 31.1 Å². The van der Waals surface area contributed by atoms with E-state index in [2.05, 4.69) is 26.1 Å². The van der Waals surface area contributed by atoms with Crippen molar-refractivity contribution in [2.75, 3.05) is 20.3 Å². The number of nitrogens with one attached hydrogen (secondary N) is 1. The van der Waals surface area contributed by atoms with Gasteiger partial charge in [-0.2, -0.15) is 0 Å². The SMILES string of the molecule is CC[Si](CC)(CC)OC1=C[C@H](OC)[C@@H](C(=O)NCCO)CC1. The van der Waals surface area contributed by atoms with Crippen LogP contribution >= 0.6 is 0 Å². The molecule has 0 radical (unpaired) electrons. The maximum absolute atomic E-state index is 12.1. The number of ether oxygens (including phenoxy) is 1. The van der Waals surface area contributed by atoms with Gasteiger partial charge in [0.25, 0.3) is 0 Å². The van der Waals surface area contributed by atoms with E-state index in [1.807, 2.05) is 6.08 Å². The first-order valence-electron chi connectivity index (χ1n) is 8.36. The Hall–Kier alpha value is -0.853. The Bertz CT molecular complexity index is 374. The summed E-state index contributed by atoms with van der Waals surface area (Å²) in [5.41, 5.74) is 0. The normalized spacial score (nSPS) is 22.1. The highest BCUT2D eigenvalue weighted by Gasteiger charge is 2.35. The zero-order valence-corrected chi connectivity index (χ0v) is 15.4. The molecule has 2 N–H and O–H groups in total. The predicted octanol–water partition coefficient (Wildman–Crippen LogP) is 2.43. The third-order valence-corrected chi connectivity index (χ3v) is 9.31. The Balaban J connectivity index is 2.77. The lowest BCUT2D eigenvalue weighted by Gasteiger charge is -2.34. The molecule has 0 saturated carbocycles. The molecule has 1 amide bonds. The van der Waals surface area contributed by atoms with Crippen LogP contribution < -0.4 is 5.32 Å². The fourth-order valence-corrected chi connectivity index (χ4v) is 5.66. The molecule has 0 spiro atoms. The van der Waals surface area contributed by atoms with Crippen molar-refractivity contribution in [1.29, 1.82) is 0 Å². The summed E-state index contributed by atoms with van der Waals surface area (Å²) in [6.45, 7) is 6.87. The summed E-state index contributed by atoms with van der Waals surface area (Å²) in [5, 5.41) is 11.5. The zero-order valence-electron chi connectivity index (χ0n) is 14.4. The summed E-state index contributed by atoms with van der Waals surface area (Å²) in [4.78, 5) is 12.1. The Morgan fingerprint density at radius 2 is 2.00 bits per heavy atom. The van der Waals surface area contributed by atoms with Gasteiger partial charge in [-0.05, 0) is 30.6 Å². The average Bonchev–Trinajstić information content (AvgIpc) is 2.57. The van der Waals surface area contributed by atoms with Crippen molar-refractivity contribution < 1.29 is 19.1 Å². The second-order valence-electron chi connectivity index (χ2n) is 5.84. The van der Waals surface area contributed by atoms with Crippen molar-refractivity contribution in [3.05, 3.63) is 11.8 Å². The van der Waals surface area contributed by atoms with Crippen LogP contribution in [0.4, 0.5) is 0 Å². The molecule has 22 heavy (non-hydrogen) atoms. The van der Waals surface area contributed by atoms with Crippen molar-refractivity contribution in [2.24, 2.45) is 5.92 Å². The van der Waals surface area contributed by atoms with Crippen LogP contribution in [0.15, 0.2) is 11.8 Å². The highest BCUT2D eigenvalue weighted by atomic mass is 28.4. The van der Waals surface area contributed by atoms with E-state index in [1.165, 1.54) is 0 Å². The summed E-state index contributed by atoms with van der Waals surface area (Å²) in [6.07, 6.45) is 3.24. The maximum Gasteiger partial charge on any atom is 0.250 e. The number of hydrogen-bond acceptors (Lipinski definition) is 4. The third-order valence-electron chi connectivity index (χ3n) is 4.75. The summed E-state index contributed by atoms with van der Waals surface area (Å²) >= 11 is 0. The standard InChI is InChI=1S/C16H31NO4Si/c1-5-22(6-2,7-3)21-13-8-9-14(15(12-13)20-4)16(19)17-10-11-18/h12,14-15,18H,5-11H2,1-4H3,(H,17,19)/t14-,15-/m0/s1. The molecule has 0 fully saturated rings. The molecular formula is C16H31NO4Si. The fourth-order valence-electron chi connectivity index (χ4n) is 3.00. The molecule has 0 saturated heterocycles. The summed E-state index contributed by atoms with van der Waals surface area (Å²) in [6, 6.07) is 3.32. The predicted molar refractivity (Wildman–Crippen MR) is 90.0 cm³/mol. The third kappa shape index (κ3) is 4.83. The number of rotatable bonds is 9. The molecule has 1 aliphatic carbocycles. The van der Waals surface area contributed by atoms with Gasteiger partial charge in [-0.3, -0.25) is 4.79 Å². The van der Waals surface area contributed by atoms with Gasteiger partial charge in [-0.25, -0.2) is 0 Å². The van der Waals surface area contributed by atoms with Gasteiger partial charge in [0, 0.05) is 20.1 Å². The molecule has 128 valence electrons. The minimum atomic E-state index is -1.67. The van der Waals surface area contributed by atoms with Crippen LogP contribution in [0.2, 0.25) is 18.1 Å². The molecule has 5 nitrogen and oxygen atoms in total. The molecule has 0 bridgehead atoms. The lowest BCUT2D eigenvalue weighted by molar-refractivity contribution is -0.129. The van der Waals surface area contributed by atoms with Gasteiger partial charge in [0.1, 0.15) is 0 Å². The summed E-state index contributed by atoms with van der Waals surface area (Å²) < 4.78 is 11.9. The molecule has 1 aliphatic rings. The van der Waals surface area contributed by atoms with Crippen molar-refractivity contribution >= 4 is 14.2 Å². The lowest BCUT2D eigenvalue weighted by atomic mass is 9.89. The van der Waals surface area contributed by atoms with Gasteiger partial charge in [-0.15, -0.1) is 0 Å². The molecule has 0 aromatic rings. The van der Waals surface area contributed by atoms with Crippen molar-refractivity contribution in [1.82, 2.24) is 5.32 Å². The first kappa shape index (κ1) is 19.2. The summed E-state index contributed by atoms with van der Waals surface area (Å²) in [7, 11) is -0.0492. The molecule has 0 unspecified atom stereocenters. The van der Waals surface area contributed by atoms with E-state index in [0.29, 0.717) is 0 Å². The smallest absolute Gasteiger partial charge is 0.250 e. The number of hydrogen-bond donors (Lipinski definition) is 2. The minimum Gasteiger partial charge on any atom is -0.547 e. The first-order chi connectivity index (χ1) is 10.6. The Morgan fingerprint density at radius 3 is 2.50 bits per heavy atom. The van der Waals surface area contributed by atoms with Crippen LogP contribution in [0.1, 0.15) is 33.6 Å². The van der Waals surface area contributed by atoms with Gasteiger partial charge in [0.05, 0.1) is 24.4 Å². The fraction of sp³-hybridized carbons (Fsp3) is 0.812. The molecular weight excluding hydrogens is 298 g/mol. The Morgan fingerprint density at radius 1 is 1.36 bits per heavy atom. The van der Waals surface area contributed by atoms with Gasteiger partial charge in [0.2, 0.25) is 14.2 Å². The van der Waals surface area contributed by atoms with Gasteiger partial charge < -0.3 is 19.6 Å². The molecule has 0 aromatic carbocycles. The number of aliphatic hydroxyl groups is 1. The van der Waals surface area contributed by atoms with Crippen LogP contribution in [0.3, 0.4) is 0 Å². The molecule has 6 heteroatoms. The zero-order chi connectivity index (χ0) is 16.6. The van der Waals surface area contributed by atoms with Gasteiger partial charge >= 0.3 is 0 Å². The highest BCUT2D eigenvalue weighted by molar-refractivity contribution is 6.73. The Kier molecular flexibility index (Phi) is 8.13. The molecule has 0 aliphatic heterocycles. The van der Waals surface area contributed by atoms with Crippen LogP contribution in [-0.4, -0.2) is 45.7 Å². The lowest BCUT2D eigenvalue weighted by Crippen LogP contribution is -2.42. The highest BCUT2D eigenvalue weighted by Crippen LogP contribution is 2.32. The quantitative estimate of drug-likeness (QED) is 0.638. The second kappa shape index (κ2) is 9.32. The topological polar surface area (TPSA) is 67.8 Å². The van der Waals surface area contributed by atoms with Gasteiger partial charge in [0.15, 0.2) is 0 Å². The first-order valence-corrected chi connectivity index (χ1v) is 10.9. The number of carbonyl (C=O) groups excluding carboxylic acids is 1. The molecule has 0 heterocycles. The van der Waals surface area contributed by atoms with Crippen molar-refractivity contribution in [2.45, 2.75) is 57.8 Å². The molecule has 2 atom stereocenters. The minimum absolute atomic E-state index is 0.0437. The van der Waals surface area contributed by atoms with E-state index >= 15 is 0 Å². The van der Waals surface area contributed by atoms with Crippen LogP contribution in [0.25, 0.3) is 0 Å². The van der Waals surface area contributed by atoms with E-state index in [1.54, 1.807) is 7.11 Å². The van der Waals surface area contributed by atoms with E-state index in [9.17, 15) is 4.79 Å². The summed E-state index contributed by atoms with van der Waals surface area (Å²) in [5.74, 6) is 0.737. The van der Waals surface area contributed by atoms with Crippen molar-refractivity contribution in [3.63, 3.8) is 0 Å². The van der Waals surface area contributed by atoms with Crippen LogP contribution in [0, 0.1) is 5.92 Å². The number of amides is 1. The average molecular weight is 330 g/mol. The van der Waals surface area contributed by atoms with E-state index in [0.717, 1.165) is 36.7 Å². The van der Waals surface area contributed by atoms with E-state index in [4.69, 9.17) is 14.3 Å². The second-order valence-corrected chi connectivity index (χ2v) is 10.5. The van der Waals surface area contributed by atoms with Gasteiger partial charge in [-0.1, -0.05) is 20.8 Å². The molecule has 1 rings (SSSR count).